The van der Waals surface area contributed by atoms with Crippen LogP contribution in [0.15, 0.2) is 54.6 Å². The van der Waals surface area contributed by atoms with E-state index in [-0.39, 0.29) is 17.1 Å². The van der Waals surface area contributed by atoms with Crippen LogP contribution < -0.4 is 16.0 Å². The Labute approximate surface area is 211 Å². The number of aromatic nitrogens is 2. The molecule has 2 amide bonds. The molecule has 4 rings (SSSR count). The molecule has 0 aliphatic rings. The van der Waals surface area contributed by atoms with E-state index in [0.29, 0.717) is 22.4 Å². The summed E-state index contributed by atoms with van der Waals surface area (Å²) >= 11 is 0.726. The monoisotopic (exact) mass is 515 g/mol. The third-order valence-corrected chi connectivity index (χ3v) is 6.08. The Bertz CT molecular complexity index is 1430. The Morgan fingerprint density at radius 2 is 1.83 bits per heavy atom. The fourth-order valence-electron chi connectivity index (χ4n) is 3.48. The summed E-state index contributed by atoms with van der Waals surface area (Å²) in [4.78, 5) is 29.7. The molecule has 0 radical (unpaired) electrons. The lowest BCUT2D eigenvalue weighted by Crippen LogP contribution is -2.27. The summed E-state index contributed by atoms with van der Waals surface area (Å²) in [5.41, 5.74) is 2.55. The molecule has 2 aromatic carbocycles. The summed E-state index contributed by atoms with van der Waals surface area (Å²) in [5.74, 6) is -0.356. The number of halogens is 2. The molecule has 3 N–H and O–H groups in total. The van der Waals surface area contributed by atoms with Gasteiger partial charge in [-0.25, -0.2) is 18.6 Å². The van der Waals surface area contributed by atoms with E-state index < -0.39 is 24.0 Å². The van der Waals surface area contributed by atoms with Gasteiger partial charge in [0.15, 0.2) is 0 Å². The van der Waals surface area contributed by atoms with Gasteiger partial charge in [-0.15, -0.1) is 11.3 Å². The number of alkyl halides is 2. The first-order chi connectivity index (χ1) is 17.0. The Morgan fingerprint density at radius 1 is 1.06 bits per heavy atom. The van der Waals surface area contributed by atoms with Crippen molar-refractivity contribution >= 4 is 51.7 Å². The lowest BCUT2D eigenvalue weighted by atomic mass is 10.2. The van der Waals surface area contributed by atoms with E-state index >= 15 is 0 Å². The molecular formula is C25H27F2N5O3S. The summed E-state index contributed by atoms with van der Waals surface area (Å²) in [6.45, 7) is 5.31. The van der Waals surface area contributed by atoms with E-state index in [2.05, 4.69) is 20.9 Å². The molecule has 0 aliphatic carbocycles. The van der Waals surface area contributed by atoms with E-state index in [1.165, 1.54) is 12.1 Å². The predicted molar refractivity (Wildman–Crippen MR) is 140 cm³/mol. The number of nitrogens with zero attached hydrogens (tertiary/aromatic N) is 2. The number of thiophene rings is 1. The van der Waals surface area contributed by atoms with E-state index in [4.69, 9.17) is 4.74 Å². The lowest BCUT2D eigenvalue weighted by molar-refractivity contribution is 0.0635. The van der Waals surface area contributed by atoms with Gasteiger partial charge in [-0.05, 0) is 69.3 Å². The van der Waals surface area contributed by atoms with Gasteiger partial charge >= 0.3 is 6.09 Å². The van der Waals surface area contributed by atoms with E-state index in [1.807, 2.05) is 18.2 Å². The van der Waals surface area contributed by atoms with Crippen LogP contribution in [0.25, 0.3) is 16.7 Å². The smallest absolute Gasteiger partial charge is 0.412 e. The highest BCUT2D eigenvalue weighted by Gasteiger charge is 2.20. The maximum absolute atomic E-state index is 13.0. The van der Waals surface area contributed by atoms with Gasteiger partial charge in [0.1, 0.15) is 5.60 Å². The van der Waals surface area contributed by atoms with Gasteiger partial charge in [0.2, 0.25) is 5.95 Å². The number of rotatable bonds is 6. The number of nitrogens with one attached hydrogen (secondary N) is 3. The van der Waals surface area contributed by atoms with E-state index in [9.17, 15) is 18.4 Å². The average molecular weight is 516 g/mol. The number of hydrogen-bond acceptors (Lipinski definition) is 6. The largest absolute Gasteiger partial charge is 0.444 e. The number of carbonyl (C=O) groups excluding carboxylic acids is 2. The lowest BCUT2D eigenvalue weighted by Gasteiger charge is -2.20. The molecule has 4 aromatic rings. The molecule has 36 heavy (non-hydrogen) atoms. The number of benzene rings is 2. The van der Waals surface area contributed by atoms with Crippen molar-refractivity contribution in [3.8, 4) is 5.69 Å². The van der Waals surface area contributed by atoms with Crippen molar-refractivity contribution in [1.29, 1.82) is 0 Å². The van der Waals surface area contributed by atoms with Crippen LogP contribution in [0.2, 0.25) is 0 Å². The second-order valence-corrected chi connectivity index (χ2v) is 9.97. The molecule has 0 saturated heterocycles. The van der Waals surface area contributed by atoms with Crippen LogP contribution in [0.1, 0.15) is 43.2 Å². The summed E-state index contributed by atoms with van der Waals surface area (Å²) in [7, 11) is 1.78. The average Bonchev–Trinajstić information content (AvgIpc) is 3.42. The third kappa shape index (κ3) is 5.62. The summed E-state index contributed by atoms with van der Waals surface area (Å²) in [5, 5.41) is 8.50. The molecule has 0 fully saturated rings. The van der Waals surface area contributed by atoms with Crippen molar-refractivity contribution in [2.24, 2.45) is 0 Å². The number of anilines is 3. The standard InChI is InChI=1S/C25H25F2N5O3S.H2/c1-25(2,3)35-24(34)29-15-6-5-7-16(12-15)32-18-9-8-14(28-4)13-17(18)30-23(32)31-22(33)20-11-10-19(36-20)21(26)27;/h5-13,21,28H,1-4H3,(H,29,34)(H,30,31,33);1H. The number of carbonyl (C=O) groups is 2. The number of imidazole rings is 1. The Balaban J connectivity index is 0.00000380. The summed E-state index contributed by atoms with van der Waals surface area (Å²) in [6, 6.07) is 15.1. The summed E-state index contributed by atoms with van der Waals surface area (Å²) in [6.07, 6.45) is -3.25. The molecule has 0 atom stereocenters. The van der Waals surface area contributed by atoms with Gasteiger partial charge in [-0.2, -0.15) is 0 Å². The number of hydrogen-bond donors (Lipinski definition) is 3. The first kappa shape index (κ1) is 25.1. The molecular weight excluding hydrogens is 488 g/mol. The second kappa shape index (κ2) is 9.94. The fraction of sp³-hybridized carbons (Fsp3) is 0.240. The maximum Gasteiger partial charge on any atom is 0.412 e. The van der Waals surface area contributed by atoms with Crippen molar-refractivity contribution < 1.29 is 24.5 Å². The van der Waals surface area contributed by atoms with Gasteiger partial charge in [0.05, 0.1) is 26.5 Å². The molecule has 8 nitrogen and oxygen atoms in total. The van der Waals surface area contributed by atoms with E-state index in [1.54, 1.807) is 56.7 Å². The SMILES string of the molecule is CNc1ccc2c(c1)nc(NC(=O)c1ccc(C(F)F)s1)n2-c1cccc(NC(=O)OC(C)(C)C)c1.[HH]. The van der Waals surface area contributed by atoms with Crippen molar-refractivity contribution in [3.05, 3.63) is 64.4 Å². The van der Waals surface area contributed by atoms with Crippen LogP contribution in [0.3, 0.4) is 0 Å². The molecule has 0 unspecified atom stereocenters. The Kier molecular flexibility index (Phi) is 6.93. The first-order valence-electron chi connectivity index (χ1n) is 11.0. The zero-order chi connectivity index (χ0) is 26.0. The topological polar surface area (TPSA) is 97.3 Å². The van der Waals surface area contributed by atoms with Crippen LogP contribution in [-0.4, -0.2) is 34.2 Å². The highest BCUT2D eigenvalue weighted by Crippen LogP contribution is 2.30. The number of amides is 2. The predicted octanol–water partition coefficient (Wildman–Crippen LogP) is 6.91. The maximum atomic E-state index is 13.0. The Hall–Kier alpha value is -3.99. The highest BCUT2D eigenvalue weighted by molar-refractivity contribution is 7.14. The normalized spacial score (nSPS) is 11.5. The van der Waals surface area contributed by atoms with Crippen molar-refractivity contribution in [2.75, 3.05) is 23.0 Å². The zero-order valence-electron chi connectivity index (χ0n) is 20.1. The van der Waals surface area contributed by atoms with Crippen LogP contribution in [0.5, 0.6) is 0 Å². The second-order valence-electron chi connectivity index (χ2n) is 8.86. The molecule has 0 spiro atoms. The van der Waals surface area contributed by atoms with Crippen LogP contribution >= 0.6 is 11.3 Å². The third-order valence-electron chi connectivity index (χ3n) is 4.98. The number of ether oxygens (including phenoxy) is 1. The Morgan fingerprint density at radius 3 is 2.50 bits per heavy atom. The van der Waals surface area contributed by atoms with Crippen LogP contribution in [-0.2, 0) is 4.74 Å². The molecule has 2 aromatic heterocycles. The minimum absolute atomic E-state index is 0. The minimum atomic E-state index is -2.65. The van der Waals surface area contributed by atoms with Crippen molar-refractivity contribution in [2.45, 2.75) is 32.8 Å². The molecule has 0 bridgehead atoms. The van der Waals surface area contributed by atoms with Crippen LogP contribution in [0.4, 0.5) is 30.9 Å². The van der Waals surface area contributed by atoms with Crippen LogP contribution in [0, 0.1) is 0 Å². The van der Waals surface area contributed by atoms with Crippen molar-refractivity contribution in [1.82, 2.24) is 9.55 Å². The number of fused-ring (bicyclic) bond motifs is 1. The van der Waals surface area contributed by atoms with Gasteiger partial charge in [-0.1, -0.05) is 6.07 Å². The molecule has 2 heterocycles. The minimum Gasteiger partial charge on any atom is -0.444 e. The highest BCUT2D eigenvalue weighted by atomic mass is 32.1. The first-order valence-corrected chi connectivity index (χ1v) is 11.9. The molecule has 0 aliphatic heterocycles. The summed E-state index contributed by atoms with van der Waals surface area (Å²) < 4.78 is 33.1. The van der Waals surface area contributed by atoms with E-state index in [0.717, 1.165) is 17.0 Å². The van der Waals surface area contributed by atoms with Crippen molar-refractivity contribution in [3.63, 3.8) is 0 Å². The van der Waals surface area contributed by atoms with Gasteiger partial charge in [0, 0.05) is 19.8 Å². The van der Waals surface area contributed by atoms with Gasteiger partial charge in [-0.3, -0.25) is 20.0 Å². The molecule has 190 valence electrons. The zero-order valence-corrected chi connectivity index (χ0v) is 20.9. The van der Waals surface area contributed by atoms with Gasteiger partial charge in [0.25, 0.3) is 12.3 Å². The fourth-order valence-corrected chi connectivity index (χ4v) is 4.24. The molecule has 11 heteroatoms. The van der Waals surface area contributed by atoms with Gasteiger partial charge < -0.3 is 10.1 Å². The quantitative estimate of drug-likeness (QED) is 0.259. The molecule has 0 saturated carbocycles.